The molecule has 5 rings (SSSR count). The highest BCUT2D eigenvalue weighted by Gasteiger charge is 2.58. The number of hydrogen-bond acceptors (Lipinski definition) is 4. The van der Waals surface area contributed by atoms with E-state index in [1.807, 2.05) is 0 Å². The Morgan fingerprint density at radius 3 is 2.10 bits per heavy atom. The largest absolute Gasteiger partial charge is 0.369 e. The molecule has 0 spiro atoms. The highest BCUT2D eigenvalue weighted by atomic mass is 35.5. The molecule has 162 valence electrons. The highest BCUT2D eigenvalue weighted by Crippen LogP contribution is 2.52. The zero-order chi connectivity index (χ0) is 20.0. The molecule has 0 radical (unpaired) electrons. The number of aryl methyl sites for hydroxylation is 1. The topological polar surface area (TPSA) is 43.9 Å². The predicted octanol–water partition coefficient (Wildman–Crippen LogP) is 3.13. The van der Waals surface area contributed by atoms with E-state index in [-0.39, 0.29) is 36.1 Å². The van der Waals surface area contributed by atoms with Crippen molar-refractivity contribution in [2.75, 3.05) is 44.2 Å². The lowest BCUT2D eigenvalue weighted by atomic mass is 9.85. The molecule has 2 heterocycles. The van der Waals surface area contributed by atoms with Crippen LogP contribution in [0.4, 0.5) is 5.69 Å². The highest BCUT2D eigenvalue weighted by molar-refractivity contribution is 6.06. The monoisotopic (exact) mass is 429 g/mol. The second-order valence-corrected chi connectivity index (χ2v) is 9.15. The zero-order valence-corrected chi connectivity index (χ0v) is 18.5. The van der Waals surface area contributed by atoms with Gasteiger partial charge in [0.25, 0.3) is 0 Å². The Kier molecular flexibility index (Phi) is 6.21. The molecule has 2 aliphatic carbocycles. The van der Waals surface area contributed by atoms with Gasteiger partial charge in [-0.15, -0.1) is 12.4 Å². The molecule has 2 amide bonds. The van der Waals surface area contributed by atoms with E-state index in [1.54, 1.807) is 4.90 Å². The minimum Gasteiger partial charge on any atom is -0.369 e. The van der Waals surface area contributed by atoms with Gasteiger partial charge in [0.15, 0.2) is 0 Å². The summed E-state index contributed by atoms with van der Waals surface area (Å²) in [6.07, 6.45) is 7.29. The quantitative estimate of drug-likeness (QED) is 0.396. The first kappa shape index (κ1) is 21.4. The van der Waals surface area contributed by atoms with Crippen LogP contribution in [0, 0.1) is 30.6 Å². The third-order valence-corrected chi connectivity index (χ3v) is 7.50. The molecular formula is C24H32ClN3O2. The van der Waals surface area contributed by atoms with Crippen LogP contribution in [0.5, 0.6) is 0 Å². The number of hydrogen-bond donors (Lipinski definition) is 0. The number of amides is 2. The summed E-state index contributed by atoms with van der Waals surface area (Å²) in [5, 5.41) is 0. The van der Waals surface area contributed by atoms with Crippen molar-refractivity contribution in [2.24, 2.45) is 23.7 Å². The van der Waals surface area contributed by atoms with Gasteiger partial charge in [0, 0.05) is 38.4 Å². The van der Waals surface area contributed by atoms with Gasteiger partial charge in [-0.25, -0.2) is 0 Å². The SMILES string of the molecule is Cc1ccccc1N1CCN(CCCCN2C(=O)[C@@H]3[C@H](C2=O)[C@@H]2C=C[C@H]3C2)CC1.Cl. The van der Waals surface area contributed by atoms with Crippen molar-refractivity contribution in [1.82, 2.24) is 9.80 Å². The van der Waals surface area contributed by atoms with Gasteiger partial charge in [-0.05, 0) is 56.2 Å². The molecule has 1 aromatic carbocycles. The zero-order valence-electron chi connectivity index (χ0n) is 17.7. The maximum Gasteiger partial charge on any atom is 0.233 e. The van der Waals surface area contributed by atoms with Crippen LogP contribution in [0.2, 0.25) is 0 Å². The number of unbranched alkanes of at least 4 members (excludes halogenated alkanes) is 1. The van der Waals surface area contributed by atoms with Gasteiger partial charge in [-0.2, -0.15) is 0 Å². The minimum atomic E-state index is -0.0491. The Hall–Kier alpha value is -1.85. The molecular weight excluding hydrogens is 398 g/mol. The lowest BCUT2D eigenvalue weighted by molar-refractivity contribution is -0.140. The van der Waals surface area contributed by atoms with E-state index >= 15 is 0 Å². The van der Waals surface area contributed by atoms with Crippen LogP contribution in [0.1, 0.15) is 24.8 Å². The van der Waals surface area contributed by atoms with Gasteiger partial charge < -0.3 is 4.90 Å². The fraction of sp³-hybridized carbons (Fsp3) is 0.583. The number of imide groups is 1. The van der Waals surface area contributed by atoms with E-state index in [0.717, 1.165) is 52.0 Å². The lowest BCUT2D eigenvalue weighted by Crippen LogP contribution is -2.47. The summed E-state index contributed by atoms with van der Waals surface area (Å²) in [5.74, 6) is 0.735. The maximum atomic E-state index is 12.7. The van der Waals surface area contributed by atoms with Crippen molar-refractivity contribution < 1.29 is 9.59 Å². The molecule has 1 aromatic rings. The Morgan fingerprint density at radius 2 is 1.47 bits per heavy atom. The molecule has 4 atom stereocenters. The van der Waals surface area contributed by atoms with Crippen molar-refractivity contribution in [1.29, 1.82) is 0 Å². The summed E-state index contributed by atoms with van der Waals surface area (Å²) < 4.78 is 0. The standard InChI is InChI=1S/C24H31N3O2.ClH/c1-17-6-2-3-7-20(17)26-14-12-25(13-15-26)10-4-5-11-27-23(28)21-18-8-9-19(16-18)22(21)24(27)29;/h2-3,6-9,18-19,21-22H,4-5,10-16H2,1H3;1H/t18-,19+,21-,22+;. The summed E-state index contributed by atoms with van der Waals surface area (Å²) in [6, 6.07) is 8.61. The number of anilines is 1. The predicted molar refractivity (Wildman–Crippen MR) is 121 cm³/mol. The smallest absolute Gasteiger partial charge is 0.233 e. The number of piperazine rings is 1. The van der Waals surface area contributed by atoms with Crippen LogP contribution in [-0.2, 0) is 9.59 Å². The van der Waals surface area contributed by atoms with Gasteiger partial charge in [0.2, 0.25) is 11.8 Å². The van der Waals surface area contributed by atoms with E-state index < -0.39 is 0 Å². The van der Waals surface area contributed by atoms with Crippen LogP contribution in [-0.4, -0.2) is 60.9 Å². The third kappa shape index (κ3) is 3.67. The second kappa shape index (κ2) is 8.72. The number of fused-ring (bicyclic) bond motifs is 5. The first-order chi connectivity index (χ1) is 14.1. The summed E-state index contributed by atoms with van der Waals surface area (Å²) in [5.41, 5.74) is 2.70. The van der Waals surface area contributed by atoms with E-state index in [2.05, 4.69) is 53.1 Å². The fourth-order valence-electron chi connectivity index (χ4n) is 5.92. The second-order valence-electron chi connectivity index (χ2n) is 9.15. The van der Waals surface area contributed by atoms with E-state index in [1.165, 1.54) is 11.3 Å². The van der Waals surface area contributed by atoms with Crippen LogP contribution < -0.4 is 4.90 Å². The van der Waals surface area contributed by atoms with E-state index in [0.29, 0.717) is 18.4 Å². The number of nitrogens with zero attached hydrogens (tertiary/aromatic N) is 3. The normalized spacial score (nSPS) is 30.2. The van der Waals surface area contributed by atoms with E-state index in [4.69, 9.17) is 0 Å². The van der Waals surface area contributed by atoms with Gasteiger partial charge in [-0.3, -0.25) is 19.4 Å². The molecule has 4 aliphatic rings. The molecule has 2 bridgehead atoms. The number of carbonyl (C=O) groups excluding carboxylic acids is 2. The summed E-state index contributed by atoms with van der Waals surface area (Å²) in [6.45, 7) is 8.12. The molecule has 5 nitrogen and oxygen atoms in total. The lowest BCUT2D eigenvalue weighted by Gasteiger charge is -2.36. The van der Waals surface area contributed by atoms with Crippen molar-refractivity contribution in [3.8, 4) is 0 Å². The molecule has 1 saturated carbocycles. The minimum absolute atomic E-state index is 0. The average molecular weight is 430 g/mol. The summed E-state index contributed by atoms with van der Waals surface area (Å²) in [4.78, 5) is 32.1. The first-order valence-electron chi connectivity index (χ1n) is 11.2. The Morgan fingerprint density at radius 1 is 0.867 bits per heavy atom. The van der Waals surface area contributed by atoms with Crippen molar-refractivity contribution >= 4 is 29.9 Å². The summed E-state index contributed by atoms with van der Waals surface area (Å²) in [7, 11) is 0. The van der Waals surface area contributed by atoms with Gasteiger partial charge in [0.1, 0.15) is 0 Å². The fourth-order valence-corrected chi connectivity index (χ4v) is 5.92. The van der Waals surface area contributed by atoms with Gasteiger partial charge in [-0.1, -0.05) is 30.4 Å². The number of benzene rings is 1. The Labute approximate surface area is 185 Å². The number of para-hydroxylation sites is 1. The van der Waals surface area contributed by atoms with Gasteiger partial charge in [0.05, 0.1) is 11.8 Å². The van der Waals surface area contributed by atoms with Crippen LogP contribution in [0.25, 0.3) is 0 Å². The first-order valence-corrected chi connectivity index (χ1v) is 11.2. The number of rotatable bonds is 6. The average Bonchev–Trinajstić information content (AvgIpc) is 3.41. The van der Waals surface area contributed by atoms with Crippen LogP contribution >= 0.6 is 12.4 Å². The molecule has 0 aromatic heterocycles. The van der Waals surface area contributed by atoms with Crippen LogP contribution in [0.3, 0.4) is 0 Å². The van der Waals surface area contributed by atoms with Crippen molar-refractivity contribution in [3.05, 3.63) is 42.0 Å². The number of carbonyl (C=O) groups is 2. The molecule has 6 heteroatoms. The molecule has 3 fully saturated rings. The van der Waals surface area contributed by atoms with E-state index in [9.17, 15) is 9.59 Å². The molecule has 30 heavy (non-hydrogen) atoms. The molecule has 2 aliphatic heterocycles. The molecule has 2 saturated heterocycles. The Bertz CT molecular complexity index is 803. The Balaban J connectivity index is 0.00000218. The number of halogens is 1. The molecule has 0 N–H and O–H groups in total. The third-order valence-electron chi connectivity index (χ3n) is 7.50. The summed E-state index contributed by atoms with van der Waals surface area (Å²) >= 11 is 0. The number of allylic oxidation sites excluding steroid dienone is 2. The van der Waals surface area contributed by atoms with Gasteiger partial charge >= 0.3 is 0 Å². The van der Waals surface area contributed by atoms with Crippen LogP contribution in [0.15, 0.2) is 36.4 Å². The maximum absolute atomic E-state index is 12.7. The van der Waals surface area contributed by atoms with Crippen molar-refractivity contribution in [3.63, 3.8) is 0 Å². The number of likely N-dealkylation sites (tertiary alicyclic amines) is 1. The molecule has 0 unspecified atom stereocenters. The van der Waals surface area contributed by atoms with Crippen molar-refractivity contribution in [2.45, 2.75) is 26.2 Å².